The van der Waals surface area contributed by atoms with Crippen LogP contribution in [0.5, 0.6) is 0 Å². The predicted molar refractivity (Wildman–Crippen MR) is 45.2 cm³/mol. The maximum atomic E-state index is 10.4. The van der Waals surface area contributed by atoms with Gasteiger partial charge in [0.2, 0.25) is 0 Å². The van der Waals surface area contributed by atoms with Gasteiger partial charge in [-0.25, -0.2) is 0 Å². The molecule has 1 aromatic rings. The molecule has 5 heteroatoms. The van der Waals surface area contributed by atoms with E-state index in [1.807, 2.05) is 0 Å². The second kappa shape index (κ2) is 3.21. The van der Waals surface area contributed by atoms with Gasteiger partial charge in [-0.05, 0) is 12.1 Å². The molecule has 2 N–H and O–H groups in total. The Bertz CT molecular complexity index is 338. The molecule has 0 atom stereocenters. The highest BCUT2D eigenvalue weighted by Crippen LogP contribution is 2.26. The summed E-state index contributed by atoms with van der Waals surface area (Å²) in [5.41, 5.74) is 5.36. The highest BCUT2D eigenvalue weighted by atomic mass is 35.5. The van der Waals surface area contributed by atoms with Gasteiger partial charge in [0.1, 0.15) is 0 Å². The maximum Gasteiger partial charge on any atom is 0.0731 e. The number of carbonyl (C=O) groups is 1. The van der Waals surface area contributed by atoms with Crippen molar-refractivity contribution in [1.29, 1.82) is 0 Å². The number of rotatable bonds is 1. The molecule has 0 saturated heterocycles. The Morgan fingerprint density at radius 1 is 1.33 bits per heavy atom. The van der Waals surface area contributed by atoms with Gasteiger partial charge in [0, 0.05) is 5.56 Å². The fourth-order valence-electron chi connectivity index (χ4n) is 0.722. The molecule has 1 aromatic carbocycles. The molecule has 1 rings (SSSR count). The molecular formula is C7H4Cl2NO2-. The third kappa shape index (κ3) is 1.62. The van der Waals surface area contributed by atoms with Crippen molar-refractivity contribution < 1.29 is 9.90 Å². The van der Waals surface area contributed by atoms with Gasteiger partial charge < -0.3 is 15.6 Å². The van der Waals surface area contributed by atoms with Gasteiger partial charge in [-0.15, -0.1) is 0 Å². The molecule has 12 heavy (non-hydrogen) atoms. The van der Waals surface area contributed by atoms with Crippen LogP contribution in [0.2, 0.25) is 10.0 Å². The lowest BCUT2D eigenvalue weighted by Crippen LogP contribution is -2.22. The van der Waals surface area contributed by atoms with Gasteiger partial charge in [0.15, 0.2) is 0 Å². The second-order valence-electron chi connectivity index (χ2n) is 2.14. The SMILES string of the molecule is Nc1cc(C(=O)[O-])c(Cl)cc1Cl. The van der Waals surface area contributed by atoms with Crippen molar-refractivity contribution >= 4 is 34.9 Å². The third-order valence-electron chi connectivity index (χ3n) is 1.31. The van der Waals surface area contributed by atoms with E-state index in [4.69, 9.17) is 28.9 Å². The number of nitrogens with two attached hydrogens (primary N) is 1. The topological polar surface area (TPSA) is 66.2 Å². The first kappa shape index (κ1) is 9.16. The molecule has 0 spiro atoms. The number of hydrogen-bond acceptors (Lipinski definition) is 3. The normalized spacial score (nSPS) is 9.83. The Morgan fingerprint density at radius 3 is 2.42 bits per heavy atom. The zero-order chi connectivity index (χ0) is 9.30. The third-order valence-corrected chi connectivity index (χ3v) is 1.95. The molecule has 0 radical (unpaired) electrons. The minimum Gasteiger partial charge on any atom is -0.545 e. The Labute approximate surface area is 78.7 Å². The Balaban J connectivity index is 3.33. The summed E-state index contributed by atoms with van der Waals surface area (Å²) in [5.74, 6) is -1.37. The summed E-state index contributed by atoms with van der Waals surface area (Å²) in [6.45, 7) is 0. The van der Waals surface area contributed by atoms with Crippen LogP contribution in [0, 0.1) is 0 Å². The first-order valence-electron chi connectivity index (χ1n) is 2.98. The number of carboxylic acid groups (broad SMARTS) is 1. The van der Waals surface area contributed by atoms with Gasteiger partial charge in [-0.2, -0.15) is 0 Å². The van der Waals surface area contributed by atoms with E-state index in [1.54, 1.807) is 0 Å². The van der Waals surface area contributed by atoms with Crippen LogP contribution in [0.3, 0.4) is 0 Å². The van der Waals surface area contributed by atoms with Crippen LogP contribution < -0.4 is 10.8 Å². The van der Waals surface area contributed by atoms with Crippen LogP contribution in [-0.2, 0) is 0 Å². The molecule has 64 valence electrons. The summed E-state index contributed by atoms with van der Waals surface area (Å²) < 4.78 is 0. The minimum absolute atomic E-state index is 0.0224. The largest absolute Gasteiger partial charge is 0.545 e. The summed E-state index contributed by atoms with van der Waals surface area (Å²) in [4.78, 5) is 10.4. The second-order valence-corrected chi connectivity index (χ2v) is 2.96. The summed E-state index contributed by atoms with van der Waals surface area (Å²) in [5, 5.41) is 10.6. The number of nitrogen functional groups attached to an aromatic ring is 1. The number of aromatic carboxylic acids is 1. The lowest BCUT2D eigenvalue weighted by atomic mass is 10.2. The quantitative estimate of drug-likeness (QED) is 0.693. The number of carbonyl (C=O) groups excluding carboxylic acids is 1. The molecule has 0 aliphatic carbocycles. The number of hydrogen-bond donors (Lipinski definition) is 1. The predicted octanol–water partition coefficient (Wildman–Crippen LogP) is 0.939. The van der Waals surface area contributed by atoms with E-state index in [2.05, 4.69) is 0 Å². The summed E-state index contributed by atoms with van der Waals surface area (Å²) in [7, 11) is 0. The number of benzene rings is 1. The van der Waals surface area contributed by atoms with Crippen molar-refractivity contribution in [1.82, 2.24) is 0 Å². The number of halogens is 2. The molecular weight excluding hydrogens is 201 g/mol. The molecule has 0 aliphatic heterocycles. The highest BCUT2D eigenvalue weighted by molar-refractivity contribution is 6.37. The fraction of sp³-hybridized carbons (Fsp3) is 0. The summed E-state index contributed by atoms with van der Waals surface area (Å²) in [6.07, 6.45) is 0. The van der Waals surface area contributed by atoms with Crippen LogP contribution in [0.25, 0.3) is 0 Å². The molecule has 0 unspecified atom stereocenters. The van der Waals surface area contributed by atoms with E-state index in [0.717, 1.165) is 0 Å². The molecule has 0 aliphatic rings. The molecule has 0 heterocycles. The highest BCUT2D eigenvalue weighted by Gasteiger charge is 2.05. The van der Waals surface area contributed by atoms with Crippen LogP contribution in [0.1, 0.15) is 10.4 Å². The fourth-order valence-corrected chi connectivity index (χ4v) is 1.18. The van der Waals surface area contributed by atoms with Gasteiger partial charge in [0.25, 0.3) is 0 Å². The Morgan fingerprint density at radius 2 is 1.92 bits per heavy atom. The van der Waals surface area contributed by atoms with E-state index in [1.165, 1.54) is 12.1 Å². The molecule has 0 saturated carbocycles. The van der Waals surface area contributed by atoms with Crippen LogP contribution in [0.15, 0.2) is 12.1 Å². The van der Waals surface area contributed by atoms with E-state index >= 15 is 0 Å². The van der Waals surface area contributed by atoms with E-state index < -0.39 is 5.97 Å². The van der Waals surface area contributed by atoms with Gasteiger partial charge in [-0.3, -0.25) is 0 Å². The molecule has 0 fully saturated rings. The lowest BCUT2D eigenvalue weighted by Gasteiger charge is -2.06. The van der Waals surface area contributed by atoms with Crippen molar-refractivity contribution in [3.8, 4) is 0 Å². The van der Waals surface area contributed by atoms with Gasteiger partial charge in [-0.1, -0.05) is 23.2 Å². The molecule has 0 bridgehead atoms. The zero-order valence-electron chi connectivity index (χ0n) is 5.80. The number of anilines is 1. The van der Waals surface area contributed by atoms with Crippen molar-refractivity contribution in [2.24, 2.45) is 0 Å². The van der Waals surface area contributed by atoms with Crippen molar-refractivity contribution in [2.45, 2.75) is 0 Å². The van der Waals surface area contributed by atoms with Crippen LogP contribution >= 0.6 is 23.2 Å². The zero-order valence-corrected chi connectivity index (χ0v) is 7.32. The van der Waals surface area contributed by atoms with Crippen molar-refractivity contribution in [3.05, 3.63) is 27.7 Å². The number of carboxylic acids is 1. The van der Waals surface area contributed by atoms with Crippen LogP contribution in [0.4, 0.5) is 5.69 Å². The van der Waals surface area contributed by atoms with Crippen molar-refractivity contribution in [3.63, 3.8) is 0 Å². The summed E-state index contributed by atoms with van der Waals surface area (Å²) >= 11 is 11.1. The lowest BCUT2D eigenvalue weighted by molar-refractivity contribution is -0.255. The minimum atomic E-state index is -1.37. The Kier molecular flexibility index (Phi) is 2.45. The average Bonchev–Trinajstić information content (AvgIpc) is 1.96. The van der Waals surface area contributed by atoms with E-state index in [0.29, 0.717) is 0 Å². The molecule has 3 nitrogen and oxygen atoms in total. The Hall–Kier alpha value is -0.930. The molecule has 0 amide bonds. The van der Waals surface area contributed by atoms with Gasteiger partial charge in [0.05, 0.1) is 21.7 Å². The van der Waals surface area contributed by atoms with Gasteiger partial charge >= 0.3 is 0 Å². The first-order chi connectivity index (χ1) is 5.52. The smallest absolute Gasteiger partial charge is 0.0731 e. The first-order valence-corrected chi connectivity index (χ1v) is 3.74. The molecule has 0 aromatic heterocycles. The van der Waals surface area contributed by atoms with Crippen molar-refractivity contribution in [2.75, 3.05) is 5.73 Å². The van der Waals surface area contributed by atoms with E-state index in [9.17, 15) is 9.90 Å². The maximum absolute atomic E-state index is 10.4. The van der Waals surface area contributed by atoms with E-state index in [-0.39, 0.29) is 21.3 Å². The average molecular weight is 205 g/mol. The van der Waals surface area contributed by atoms with Crippen LogP contribution in [-0.4, -0.2) is 5.97 Å². The summed E-state index contributed by atoms with van der Waals surface area (Å²) in [6, 6.07) is 2.43. The monoisotopic (exact) mass is 204 g/mol. The standard InChI is InChI=1S/C7H5Cl2NO2/c8-4-2-5(9)6(10)1-3(4)7(11)12/h1-2H,10H2,(H,11,12)/p-1.